The fraction of sp³-hybridized carbons (Fsp3) is 0.444. The smallest absolute Gasteiger partial charge is 0.224 e. The fourth-order valence-electron chi connectivity index (χ4n) is 2.76. The van der Waals surface area contributed by atoms with E-state index in [0.717, 1.165) is 23.4 Å². The summed E-state index contributed by atoms with van der Waals surface area (Å²) in [5.41, 5.74) is 4.31. The molecule has 1 N–H and O–H groups in total. The van der Waals surface area contributed by atoms with Gasteiger partial charge in [-0.3, -0.25) is 9.48 Å². The lowest BCUT2D eigenvalue weighted by Gasteiger charge is -2.16. The van der Waals surface area contributed by atoms with Crippen molar-refractivity contribution >= 4 is 5.91 Å². The maximum absolute atomic E-state index is 12.2. The molecule has 0 unspecified atom stereocenters. The number of carbonyl (C=O) groups is 1. The molecule has 0 spiro atoms. The summed E-state index contributed by atoms with van der Waals surface area (Å²) < 4.78 is 1.83. The Morgan fingerprint density at radius 3 is 2.50 bits per heavy atom. The molecule has 1 aromatic carbocycles. The second-order valence-electron chi connectivity index (χ2n) is 5.77. The van der Waals surface area contributed by atoms with Crippen molar-refractivity contribution in [2.75, 3.05) is 6.54 Å². The van der Waals surface area contributed by atoms with Crippen LogP contribution in [0.15, 0.2) is 30.3 Å². The third-order valence-corrected chi connectivity index (χ3v) is 4.31. The third-order valence-electron chi connectivity index (χ3n) is 4.31. The van der Waals surface area contributed by atoms with Crippen LogP contribution in [0.5, 0.6) is 0 Å². The molecule has 2 rings (SSSR count). The first-order valence-corrected chi connectivity index (χ1v) is 7.83. The number of aryl methyl sites for hydroxylation is 2. The van der Waals surface area contributed by atoms with Crippen LogP contribution in [0.2, 0.25) is 0 Å². The predicted octanol–water partition coefficient (Wildman–Crippen LogP) is 2.89. The van der Waals surface area contributed by atoms with E-state index in [1.54, 1.807) is 0 Å². The highest BCUT2D eigenvalue weighted by atomic mass is 16.1. The van der Waals surface area contributed by atoms with Crippen molar-refractivity contribution in [2.24, 2.45) is 7.05 Å². The Labute approximate surface area is 132 Å². The summed E-state index contributed by atoms with van der Waals surface area (Å²) in [4.78, 5) is 12.2. The van der Waals surface area contributed by atoms with Crippen molar-refractivity contribution in [1.29, 1.82) is 0 Å². The van der Waals surface area contributed by atoms with E-state index in [2.05, 4.69) is 29.5 Å². The van der Waals surface area contributed by atoms with E-state index in [1.165, 1.54) is 5.56 Å². The molecule has 1 aromatic heterocycles. The highest BCUT2D eigenvalue weighted by Crippen LogP contribution is 2.18. The van der Waals surface area contributed by atoms with Gasteiger partial charge < -0.3 is 5.32 Å². The standard InChI is InChI=1S/C18H25N3O/c1-5-15(16-9-7-6-8-10-16)12-19-18(22)11-17-13(2)20-21(4)14(17)3/h6-10,15H,5,11-12H2,1-4H3,(H,19,22)/t15-/m1/s1. The van der Waals surface area contributed by atoms with Gasteiger partial charge in [0.1, 0.15) is 0 Å². The maximum atomic E-state index is 12.2. The average molecular weight is 299 g/mol. The van der Waals surface area contributed by atoms with Gasteiger partial charge in [0.25, 0.3) is 0 Å². The fourth-order valence-corrected chi connectivity index (χ4v) is 2.76. The van der Waals surface area contributed by atoms with Crippen LogP contribution in [0.25, 0.3) is 0 Å². The van der Waals surface area contributed by atoms with Crippen LogP contribution in [0.4, 0.5) is 0 Å². The van der Waals surface area contributed by atoms with Crippen molar-refractivity contribution in [3.63, 3.8) is 0 Å². The molecule has 4 nitrogen and oxygen atoms in total. The van der Waals surface area contributed by atoms with Crippen LogP contribution >= 0.6 is 0 Å². The molecule has 1 amide bonds. The normalized spacial score (nSPS) is 12.2. The van der Waals surface area contributed by atoms with E-state index >= 15 is 0 Å². The zero-order valence-corrected chi connectivity index (χ0v) is 13.9. The Balaban J connectivity index is 1.95. The van der Waals surface area contributed by atoms with E-state index in [9.17, 15) is 4.79 Å². The minimum atomic E-state index is 0.0635. The van der Waals surface area contributed by atoms with Gasteiger partial charge in [-0.2, -0.15) is 5.10 Å². The van der Waals surface area contributed by atoms with Gasteiger partial charge in [0.15, 0.2) is 0 Å². The highest BCUT2D eigenvalue weighted by molar-refractivity contribution is 5.79. The Bertz CT molecular complexity index is 631. The average Bonchev–Trinajstić information content (AvgIpc) is 2.75. The first kappa shape index (κ1) is 16.3. The second kappa shape index (κ2) is 7.25. The molecule has 0 fully saturated rings. The van der Waals surface area contributed by atoms with Crippen molar-refractivity contribution < 1.29 is 4.79 Å². The van der Waals surface area contributed by atoms with E-state index in [-0.39, 0.29) is 5.91 Å². The van der Waals surface area contributed by atoms with Crippen LogP contribution in [0.1, 0.15) is 41.8 Å². The van der Waals surface area contributed by atoms with E-state index in [0.29, 0.717) is 18.9 Å². The lowest BCUT2D eigenvalue weighted by molar-refractivity contribution is -0.120. The summed E-state index contributed by atoms with van der Waals surface area (Å²) in [6.45, 7) is 6.78. The Kier molecular flexibility index (Phi) is 5.36. The largest absolute Gasteiger partial charge is 0.355 e. The highest BCUT2D eigenvalue weighted by Gasteiger charge is 2.15. The minimum absolute atomic E-state index is 0.0635. The third kappa shape index (κ3) is 3.75. The molecule has 2 aromatic rings. The summed E-state index contributed by atoms with van der Waals surface area (Å²) in [5.74, 6) is 0.426. The maximum Gasteiger partial charge on any atom is 0.224 e. The van der Waals surface area contributed by atoms with Gasteiger partial charge in [-0.25, -0.2) is 0 Å². The molecule has 0 aliphatic carbocycles. The first-order chi connectivity index (χ1) is 10.5. The van der Waals surface area contributed by atoms with Gasteiger partial charge in [-0.05, 0) is 25.8 Å². The molecule has 0 aliphatic rings. The lowest BCUT2D eigenvalue weighted by atomic mass is 9.96. The number of hydrogen-bond donors (Lipinski definition) is 1. The van der Waals surface area contributed by atoms with Crippen LogP contribution < -0.4 is 5.32 Å². The molecular formula is C18H25N3O. The number of hydrogen-bond acceptors (Lipinski definition) is 2. The van der Waals surface area contributed by atoms with Gasteiger partial charge in [0.05, 0.1) is 12.1 Å². The van der Waals surface area contributed by atoms with E-state index < -0.39 is 0 Å². The molecule has 4 heteroatoms. The number of nitrogens with zero attached hydrogens (tertiary/aromatic N) is 2. The van der Waals surface area contributed by atoms with Crippen LogP contribution in [0.3, 0.4) is 0 Å². The summed E-state index contributed by atoms with van der Waals surface area (Å²) in [5, 5.41) is 7.43. The predicted molar refractivity (Wildman–Crippen MR) is 88.9 cm³/mol. The molecule has 0 saturated heterocycles. The first-order valence-electron chi connectivity index (χ1n) is 7.83. The summed E-state index contributed by atoms with van der Waals surface area (Å²) in [7, 11) is 1.91. The molecule has 1 atom stereocenters. The van der Waals surface area contributed by atoms with Gasteiger partial charge in [0.2, 0.25) is 5.91 Å². The van der Waals surface area contributed by atoms with E-state index in [1.807, 2.05) is 43.8 Å². The molecule has 118 valence electrons. The Morgan fingerprint density at radius 2 is 1.95 bits per heavy atom. The van der Waals surface area contributed by atoms with Gasteiger partial charge in [-0.1, -0.05) is 37.3 Å². The molecule has 0 saturated carbocycles. The van der Waals surface area contributed by atoms with Crippen LogP contribution in [-0.2, 0) is 18.3 Å². The minimum Gasteiger partial charge on any atom is -0.355 e. The zero-order valence-electron chi connectivity index (χ0n) is 13.9. The number of aromatic nitrogens is 2. The topological polar surface area (TPSA) is 46.9 Å². The van der Waals surface area contributed by atoms with Crippen LogP contribution in [0, 0.1) is 13.8 Å². The zero-order chi connectivity index (χ0) is 16.1. The summed E-state index contributed by atoms with van der Waals surface area (Å²) >= 11 is 0. The molecule has 0 aliphatic heterocycles. The van der Waals surface area contributed by atoms with Crippen molar-refractivity contribution in [2.45, 2.75) is 39.5 Å². The number of rotatable bonds is 6. The quantitative estimate of drug-likeness (QED) is 0.891. The van der Waals surface area contributed by atoms with Gasteiger partial charge in [0, 0.05) is 30.8 Å². The summed E-state index contributed by atoms with van der Waals surface area (Å²) in [6, 6.07) is 10.3. The SMILES string of the molecule is CC[C@H](CNC(=O)Cc1c(C)nn(C)c1C)c1ccccc1. The Hall–Kier alpha value is -2.10. The monoisotopic (exact) mass is 299 g/mol. The number of amides is 1. The van der Waals surface area contributed by atoms with Crippen molar-refractivity contribution in [3.8, 4) is 0 Å². The number of nitrogens with one attached hydrogen (secondary N) is 1. The van der Waals surface area contributed by atoms with Crippen molar-refractivity contribution in [1.82, 2.24) is 15.1 Å². The second-order valence-corrected chi connectivity index (χ2v) is 5.77. The number of benzene rings is 1. The molecule has 0 radical (unpaired) electrons. The Morgan fingerprint density at radius 1 is 1.27 bits per heavy atom. The molecular weight excluding hydrogens is 274 g/mol. The van der Waals surface area contributed by atoms with Crippen LogP contribution in [-0.4, -0.2) is 22.2 Å². The van der Waals surface area contributed by atoms with Gasteiger partial charge in [-0.15, -0.1) is 0 Å². The number of carbonyl (C=O) groups excluding carboxylic acids is 1. The lowest BCUT2D eigenvalue weighted by Crippen LogP contribution is -2.29. The molecule has 0 bridgehead atoms. The molecule has 1 heterocycles. The summed E-state index contributed by atoms with van der Waals surface area (Å²) in [6.07, 6.45) is 1.41. The van der Waals surface area contributed by atoms with Gasteiger partial charge >= 0.3 is 0 Å². The molecule has 22 heavy (non-hydrogen) atoms. The van der Waals surface area contributed by atoms with E-state index in [4.69, 9.17) is 0 Å². The van der Waals surface area contributed by atoms with Crippen molar-refractivity contribution in [3.05, 3.63) is 52.8 Å².